The molecule has 9 heteroatoms. The predicted molar refractivity (Wildman–Crippen MR) is 155 cm³/mol. The molecule has 0 amide bonds. The highest BCUT2D eigenvalue weighted by Gasteiger charge is 2.79. The van der Waals surface area contributed by atoms with Gasteiger partial charge in [0, 0.05) is 39.3 Å². The van der Waals surface area contributed by atoms with Crippen LogP contribution in [0.4, 0.5) is 10.1 Å². The average Bonchev–Trinajstić information content (AvgIpc) is 3.63. The summed E-state index contributed by atoms with van der Waals surface area (Å²) in [5, 5.41) is 23.8. The van der Waals surface area contributed by atoms with Crippen LogP contribution in [0.2, 0.25) is 0 Å². The van der Waals surface area contributed by atoms with Crippen LogP contribution in [0.1, 0.15) is 61.8 Å². The molecule has 1 aromatic carbocycles. The minimum absolute atomic E-state index is 0.0298. The molecular formula is C33H36FNO6S. The van der Waals surface area contributed by atoms with E-state index in [-0.39, 0.29) is 18.1 Å². The van der Waals surface area contributed by atoms with Gasteiger partial charge in [0.15, 0.2) is 29.1 Å². The van der Waals surface area contributed by atoms with Crippen LogP contribution < -0.4 is 5.73 Å². The number of fused-ring (bicyclic) bond motifs is 7. The molecule has 42 heavy (non-hydrogen) atoms. The number of allylic oxidation sites excluding steroid dienone is 4. The van der Waals surface area contributed by atoms with Gasteiger partial charge in [-0.2, -0.15) is 0 Å². The first-order valence-corrected chi connectivity index (χ1v) is 15.5. The van der Waals surface area contributed by atoms with Gasteiger partial charge in [-0.05, 0) is 79.8 Å². The van der Waals surface area contributed by atoms with Crippen LogP contribution in [0.25, 0.3) is 0 Å². The highest BCUT2D eigenvalue weighted by Crippen LogP contribution is 2.72. The van der Waals surface area contributed by atoms with E-state index in [2.05, 4.69) is 0 Å². The third-order valence-electron chi connectivity index (χ3n) is 11.2. The Morgan fingerprint density at radius 3 is 2.81 bits per heavy atom. The summed E-state index contributed by atoms with van der Waals surface area (Å²) in [4.78, 5) is 26.9. The van der Waals surface area contributed by atoms with Crippen molar-refractivity contribution >= 4 is 28.6 Å². The van der Waals surface area contributed by atoms with Crippen LogP contribution in [0.5, 0.6) is 0 Å². The molecule has 4 N–H and O–H groups in total. The first-order chi connectivity index (χ1) is 20.0. The summed E-state index contributed by atoms with van der Waals surface area (Å²) < 4.78 is 30.6. The number of aliphatic hydroxyl groups is 2. The fourth-order valence-corrected chi connectivity index (χ4v) is 10.2. The highest BCUT2D eigenvalue weighted by molar-refractivity contribution is 7.10. The van der Waals surface area contributed by atoms with Crippen molar-refractivity contribution < 1.29 is 33.7 Å². The van der Waals surface area contributed by atoms with E-state index in [1.165, 1.54) is 12.2 Å². The fourth-order valence-electron chi connectivity index (χ4n) is 9.24. The molecule has 0 radical (unpaired) electrons. The molecule has 0 spiro atoms. The Morgan fingerprint density at radius 2 is 2.05 bits per heavy atom. The lowest BCUT2D eigenvalue weighted by Gasteiger charge is -2.62. The number of aliphatic hydroxyl groups excluding tert-OH is 2. The second-order valence-electron chi connectivity index (χ2n) is 13.2. The number of thiophene rings is 1. The Hall–Kier alpha value is -2.69. The number of benzene rings is 1. The van der Waals surface area contributed by atoms with Crippen LogP contribution >= 0.6 is 11.3 Å². The molecule has 2 aromatic rings. The smallest absolute Gasteiger partial charge is 0.193 e. The minimum Gasteiger partial charge on any atom is -0.399 e. The molecule has 7 rings (SSSR count). The minimum atomic E-state index is -2.02. The van der Waals surface area contributed by atoms with Crippen molar-refractivity contribution in [3.63, 3.8) is 0 Å². The molecule has 1 aliphatic heterocycles. The number of nitrogen functional groups attached to an aromatic ring is 1. The molecule has 0 bridgehead atoms. The molecule has 1 aromatic heterocycles. The standard InChI is InChI=1S/C33H36FNO6S/c1-30-9-8-22(37)13-20(30)6-7-24-25-14-28-33(27(39)16-36,31(25,2)15-26(38)32(24,30)34)41-29(40-28)19-12-23(42-17-19)11-18-4-3-5-21(35)10-18/h3-5,8-10,12-13,17,24-26,28-29,36,38H,6-7,11,14-16,35H2,1-2H3/t24-,25-,26-,28+,29+,30-,31-,32-,33+/m0/s1. The lowest BCUT2D eigenvalue weighted by atomic mass is 9.44. The highest BCUT2D eigenvalue weighted by atomic mass is 32.1. The van der Waals surface area contributed by atoms with E-state index in [0.29, 0.717) is 36.9 Å². The zero-order chi connectivity index (χ0) is 29.7. The van der Waals surface area contributed by atoms with Gasteiger partial charge in [-0.1, -0.05) is 30.7 Å². The number of nitrogens with two attached hydrogens (primary N) is 1. The first kappa shape index (κ1) is 28.1. The Kier molecular flexibility index (Phi) is 6.29. The second-order valence-corrected chi connectivity index (χ2v) is 14.2. The number of alkyl halides is 1. The van der Waals surface area contributed by atoms with Crippen LogP contribution in [0.3, 0.4) is 0 Å². The molecule has 4 fully saturated rings. The van der Waals surface area contributed by atoms with Crippen LogP contribution in [0.15, 0.2) is 59.5 Å². The normalized spacial score (nSPS) is 42.0. The van der Waals surface area contributed by atoms with Gasteiger partial charge >= 0.3 is 0 Å². The summed E-state index contributed by atoms with van der Waals surface area (Å²) >= 11 is 1.56. The van der Waals surface area contributed by atoms with E-state index in [1.54, 1.807) is 24.3 Å². The maximum Gasteiger partial charge on any atom is 0.193 e. The van der Waals surface area contributed by atoms with E-state index >= 15 is 4.39 Å². The fraction of sp³-hybridized carbons (Fsp3) is 0.515. The Balaban J connectivity index is 1.21. The number of carbonyl (C=O) groups excluding carboxylic acids is 2. The van der Waals surface area contributed by atoms with Gasteiger partial charge in [-0.3, -0.25) is 9.59 Å². The van der Waals surface area contributed by atoms with Crippen LogP contribution in [0, 0.1) is 22.7 Å². The Bertz CT molecular complexity index is 1540. The maximum atomic E-state index is 17.5. The zero-order valence-corrected chi connectivity index (χ0v) is 24.5. The quantitative estimate of drug-likeness (QED) is 0.433. The molecule has 4 aliphatic carbocycles. The number of anilines is 1. The summed E-state index contributed by atoms with van der Waals surface area (Å²) in [5.74, 6) is -1.59. The number of ketones is 2. The van der Waals surface area contributed by atoms with E-state index in [4.69, 9.17) is 15.2 Å². The molecule has 9 atom stereocenters. The van der Waals surface area contributed by atoms with E-state index in [0.717, 1.165) is 16.0 Å². The van der Waals surface area contributed by atoms with Crippen LogP contribution in [-0.2, 0) is 25.5 Å². The van der Waals surface area contributed by atoms with Crippen molar-refractivity contribution in [2.24, 2.45) is 22.7 Å². The van der Waals surface area contributed by atoms with Gasteiger partial charge in [0.25, 0.3) is 0 Å². The molecule has 7 nitrogen and oxygen atoms in total. The van der Waals surface area contributed by atoms with Gasteiger partial charge in [0.05, 0.1) is 12.2 Å². The van der Waals surface area contributed by atoms with E-state index < -0.39 is 58.9 Å². The van der Waals surface area contributed by atoms with Crippen molar-refractivity contribution in [2.45, 2.75) is 75.7 Å². The number of ether oxygens (including phenoxy) is 2. The number of carbonyl (C=O) groups is 2. The number of hydrogen-bond acceptors (Lipinski definition) is 8. The summed E-state index contributed by atoms with van der Waals surface area (Å²) in [6, 6.07) is 9.73. The van der Waals surface area contributed by atoms with E-state index in [9.17, 15) is 19.8 Å². The number of rotatable bonds is 5. The molecule has 222 valence electrons. The summed E-state index contributed by atoms with van der Waals surface area (Å²) in [5.41, 5.74) is 3.56. The molecule has 3 saturated carbocycles. The van der Waals surface area contributed by atoms with Crippen molar-refractivity contribution in [1.29, 1.82) is 0 Å². The lowest BCUT2D eigenvalue weighted by Crippen LogP contribution is -2.69. The van der Waals surface area contributed by atoms with Crippen molar-refractivity contribution in [1.82, 2.24) is 0 Å². The van der Waals surface area contributed by atoms with Gasteiger partial charge in [-0.25, -0.2) is 4.39 Å². The Labute approximate surface area is 248 Å². The average molecular weight is 594 g/mol. The lowest BCUT2D eigenvalue weighted by molar-refractivity contribution is -0.231. The molecule has 0 unspecified atom stereocenters. The molecule has 2 heterocycles. The topological polar surface area (TPSA) is 119 Å². The number of halogens is 1. The zero-order valence-electron chi connectivity index (χ0n) is 23.7. The van der Waals surface area contributed by atoms with Gasteiger partial charge < -0.3 is 25.4 Å². The van der Waals surface area contributed by atoms with Gasteiger partial charge in [0.1, 0.15) is 6.61 Å². The summed E-state index contributed by atoms with van der Waals surface area (Å²) in [7, 11) is 0. The third kappa shape index (κ3) is 3.57. The summed E-state index contributed by atoms with van der Waals surface area (Å²) in [6.45, 7) is 2.92. The van der Waals surface area contributed by atoms with Gasteiger partial charge in [-0.15, -0.1) is 11.3 Å². The number of hydrogen-bond donors (Lipinski definition) is 3. The third-order valence-corrected chi connectivity index (χ3v) is 12.2. The monoisotopic (exact) mass is 593 g/mol. The van der Waals surface area contributed by atoms with Crippen molar-refractivity contribution in [3.8, 4) is 0 Å². The first-order valence-electron chi connectivity index (χ1n) is 14.7. The maximum absolute atomic E-state index is 17.5. The molecule has 5 aliphatic rings. The Morgan fingerprint density at radius 1 is 1.24 bits per heavy atom. The second kappa shape index (κ2) is 9.40. The van der Waals surface area contributed by atoms with E-state index in [1.807, 2.05) is 42.6 Å². The van der Waals surface area contributed by atoms with Crippen LogP contribution in [-0.4, -0.2) is 51.9 Å². The SMILES string of the molecule is C[C@]12C=CC(=O)C=C1CC[C@H]1[C@@H]3C[C@H]4O[C@@H](c5csc(Cc6cccc(N)c6)c5)O[C@@]4(C(=O)CO)[C@@]3(C)C[C@H](O)[C@@]12F. The van der Waals surface area contributed by atoms with Crippen molar-refractivity contribution in [2.75, 3.05) is 12.3 Å². The largest absolute Gasteiger partial charge is 0.399 e. The molecular weight excluding hydrogens is 557 g/mol. The summed E-state index contributed by atoms with van der Waals surface area (Å²) in [6.07, 6.45) is 3.59. The van der Waals surface area contributed by atoms with Gasteiger partial charge in [0.2, 0.25) is 0 Å². The predicted octanol–water partition coefficient (Wildman–Crippen LogP) is 4.62. The number of Topliss-reactive ketones (excluding diaryl/α,β-unsaturated/α-hetero) is 1. The van der Waals surface area contributed by atoms with Crippen molar-refractivity contribution in [3.05, 3.63) is 75.5 Å². The molecule has 1 saturated heterocycles.